The topological polar surface area (TPSA) is 55.2 Å². The number of ether oxygens (including phenoxy) is 1. The number of thioether (sulfide) groups is 1. The van der Waals surface area contributed by atoms with E-state index in [2.05, 4.69) is 9.97 Å². The molecule has 0 aromatic carbocycles. The van der Waals surface area contributed by atoms with E-state index in [1.54, 1.807) is 6.20 Å². The van der Waals surface area contributed by atoms with Crippen molar-refractivity contribution < 1.29 is 9.84 Å². The number of hydrogen-bond donors (Lipinski definition) is 1. The van der Waals surface area contributed by atoms with Crippen molar-refractivity contribution in [1.82, 2.24) is 9.97 Å². The van der Waals surface area contributed by atoms with E-state index in [0.29, 0.717) is 0 Å². The summed E-state index contributed by atoms with van der Waals surface area (Å²) in [5.41, 5.74) is 0.761. The van der Waals surface area contributed by atoms with Gasteiger partial charge in [0.05, 0.1) is 17.4 Å². The first-order chi connectivity index (χ1) is 9.19. The maximum atomic E-state index is 10.6. The predicted molar refractivity (Wildman–Crippen MR) is 75.1 cm³/mol. The number of aryl methyl sites for hydroxylation is 1. The number of aliphatic hydroxyl groups is 1. The lowest BCUT2D eigenvalue weighted by Crippen LogP contribution is -2.41. The summed E-state index contributed by atoms with van der Waals surface area (Å²) in [7, 11) is 0. The zero-order valence-electron chi connectivity index (χ0n) is 11.2. The summed E-state index contributed by atoms with van der Waals surface area (Å²) < 4.78 is 6.00. The third kappa shape index (κ3) is 2.78. The summed E-state index contributed by atoms with van der Waals surface area (Å²) in [6, 6.07) is 1.82. The van der Waals surface area contributed by atoms with Crippen LogP contribution in [0.2, 0.25) is 0 Å². The van der Waals surface area contributed by atoms with Gasteiger partial charge in [0.15, 0.2) is 0 Å². The molecule has 3 rings (SSSR count). The van der Waals surface area contributed by atoms with E-state index >= 15 is 0 Å². The Bertz CT molecular complexity index is 449. The molecule has 0 amide bonds. The first-order valence-electron chi connectivity index (χ1n) is 6.88. The van der Waals surface area contributed by atoms with Crippen LogP contribution in [0.25, 0.3) is 0 Å². The van der Waals surface area contributed by atoms with Gasteiger partial charge in [0.25, 0.3) is 0 Å². The van der Waals surface area contributed by atoms with Crippen LogP contribution < -0.4 is 0 Å². The van der Waals surface area contributed by atoms with Crippen molar-refractivity contribution >= 4 is 11.8 Å². The van der Waals surface area contributed by atoms with Gasteiger partial charge < -0.3 is 9.84 Å². The maximum Gasteiger partial charge on any atom is 0.125 e. The number of nitrogens with zero attached hydrogens (tertiary/aromatic N) is 2. The summed E-state index contributed by atoms with van der Waals surface area (Å²) in [6.45, 7) is 2.61. The molecule has 0 aliphatic carbocycles. The lowest BCUT2D eigenvalue weighted by atomic mass is 9.81. The van der Waals surface area contributed by atoms with Crippen molar-refractivity contribution in [2.45, 2.75) is 37.9 Å². The van der Waals surface area contributed by atoms with Gasteiger partial charge in [-0.2, -0.15) is 11.8 Å². The molecule has 1 N–H and O–H groups in total. The van der Waals surface area contributed by atoms with E-state index in [9.17, 15) is 5.11 Å². The van der Waals surface area contributed by atoms with Crippen LogP contribution in [0.3, 0.4) is 0 Å². The number of rotatable bonds is 2. The first-order valence-corrected chi connectivity index (χ1v) is 8.03. The third-order valence-corrected chi connectivity index (χ3v) is 5.37. The molecule has 104 valence electrons. The van der Waals surface area contributed by atoms with Gasteiger partial charge >= 0.3 is 0 Å². The lowest BCUT2D eigenvalue weighted by Gasteiger charge is -2.39. The Kier molecular flexibility index (Phi) is 3.78. The van der Waals surface area contributed by atoms with Crippen LogP contribution in [0.4, 0.5) is 0 Å². The molecule has 1 aromatic heterocycles. The van der Waals surface area contributed by atoms with Crippen molar-refractivity contribution in [2.75, 3.05) is 18.1 Å². The van der Waals surface area contributed by atoms with E-state index in [1.807, 2.05) is 24.8 Å². The minimum absolute atomic E-state index is 0.0106. The average molecular weight is 280 g/mol. The van der Waals surface area contributed by atoms with Crippen molar-refractivity contribution in [3.8, 4) is 0 Å². The molecule has 0 radical (unpaired) electrons. The summed E-state index contributed by atoms with van der Waals surface area (Å²) in [6.07, 6.45) is 4.21. The summed E-state index contributed by atoms with van der Waals surface area (Å²) in [5, 5.41) is 10.6. The molecule has 3 unspecified atom stereocenters. The molecule has 2 aliphatic rings. The van der Waals surface area contributed by atoms with Gasteiger partial charge in [0.1, 0.15) is 5.82 Å². The monoisotopic (exact) mass is 280 g/mol. The van der Waals surface area contributed by atoms with Crippen LogP contribution in [0.5, 0.6) is 0 Å². The largest absolute Gasteiger partial charge is 0.387 e. The van der Waals surface area contributed by atoms with Gasteiger partial charge in [-0.1, -0.05) is 0 Å². The summed E-state index contributed by atoms with van der Waals surface area (Å²) >= 11 is 1.96. The molecule has 1 aromatic rings. The van der Waals surface area contributed by atoms with Crippen molar-refractivity contribution in [1.29, 1.82) is 0 Å². The SMILES string of the molecule is Cc1nccc(C(O)C2CCOC3(CCSC3)C2)n1. The van der Waals surface area contributed by atoms with Gasteiger partial charge in [-0.05, 0) is 43.9 Å². The van der Waals surface area contributed by atoms with E-state index in [1.165, 1.54) is 5.75 Å². The normalized spacial score (nSPS) is 32.6. The molecule has 3 atom stereocenters. The van der Waals surface area contributed by atoms with E-state index < -0.39 is 6.10 Å². The molecule has 0 bridgehead atoms. The van der Waals surface area contributed by atoms with Crippen LogP contribution in [-0.2, 0) is 4.74 Å². The summed E-state index contributed by atoms with van der Waals surface area (Å²) in [4.78, 5) is 8.44. The molecule has 19 heavy (non-hydrogen) atoms. The second-order valence-corrected chi connectivity index (χ2v) is 6.67. The van der Waals surface area contributed by atoms with Gasteiger partial charge in [0, 0.05) is 18.6 Å². The number of aromatic nitrogens is 2. The fraction of sp³-hybridized carbons (Fsp3) is 0.714. The minimum Gasteiger partial charge on any atom is -0.387 e. The minimum atomic E-state index is -0.493. The molecule has 2 aliphatic heterocycles. The Hall–Kier alpha value is -0.650. The average Bonchev–Trinajstić information content (AvgIpc) is 2.86. The van der Waals surface area contributed by atoms with Gasteiger partial charge in [0.2, 0.25) is 0 Å². The van der Waals surface area contributed by atoms with Crippen LogP contribution in [0, 0.1) is 12.8 Å². The Morgan fingerprint density at radius 3 is 3.21 bits per heavy atom. The lowest BCUT2D eigenvalue weighted by molar-refractivity contribution is -0.102. The number of hydrogen-bond acceptors (Lipinski definition) is 5. The van der Waals surface area contributed by atoms with E-state index in [0.717, 1.165) is 43.1 Å². The van der Waals surface area contributed by atoms with Crippen LogP contribution in [0.1, 0.15) is 36.9 Å². The quantitative estimate of drug-likeness (QED) is 0.899. The Morgan fingerprint density at radius 2 is 2.47 bits per heavy atom. The van der Waals surface area contributed by atoms with Crippen LogP contribution in [0.15, 0.2) is 12.3 Å². The Labute approximate surface area is 118 Å². The molecule has 4 nitrogen and oxygen atoms in total. The Balaban J connectivity index is 1.74. The smallest absolute Gasteiger partial charge is 0.125 e. The van der Waals surface area contributed by atoms with Crippen molar-refractivity contribution in [3.63, 3.8) is 0 Å². The highest BCUT2D eigenvalue weighted by molar-refractivity contribution is 7.99. The van der Waals surface area contributed by atoms with Gasteiger partial charge in [-0.3, -0.25) is 0 Å². The molecule has 5 heteroatoms. The van der Waals surface area contributed by atoms with Gasteiger partial charge in [-0.15, -0.1) is 0 Å². The molecule has 1 spiro atoms. The fourth-order valence-electron chi connectivity index (χ4n) is 3.08. The van der Waals surface area contributed by atoms with Gasteiger partial charge in [-0.25, -0.2) is 9.97 Å². The molecule has 3 heterocycles. The van der Waals surface area contributed by atoms with E-state index in [-0.39, 0.29) is 11.5 Å². The highest BCUT2D eigenvalue weighted by atomic mass is 32.2. The third-order valence-electron chi connectivity index (χ3n) is 4.15. The fourth-order valence-corrected chi connectivity index (χ4v) is 4.46. The molecule has 0 saturated carbocycles. The van der Waals surface area contributed by atoms with Crippen molar-refractivity contribution in [2.24, 2.45) is 5.92 Å². The first kappa shape index (κ1) is 13.3. The summed E-state index contributed by atoms with van der Waals surface area (Å²) in [5.74, 6) is 3.21. The molecule has 2 saturated heterocycles. The standard InChI is InChI=1S/C14H20N2O2S/c1-10-15-5-2-12(16-10)13(17)11-3-6-18-14(8-11)4-7-19-9-14/h2,5,11,13,17H,3-4,6-9H2,1H3. The number of aliphatic hydroxyl groups excluding tert-OH is 1. The zero-order valence-corrected chi connectivity index (χ0v) is 12.0. The maximum absolute atomic E-state index is 10.6. The predicted octanol–water partition coefficient (Wildman–Crippen LogP) is 2.12. The van der Waals surface area contributed by atoms with Crippen molar-refractivity contribution in [3.05, 3.63) is 23.8 Å². The second kappa shape index (κ2) is 5.38. The zero-order chi connectivity index (χ0) is 13.3. The molecular weight excluding hydrogens is 260 g/mol. The highest BCUT2D eigenvalue weighted by Crippen LogP contribution is 2.43. The Morgan fingerprint density at radius 1 is 1.58 bits per heavy atom. The molecule has 2 fully saturated rings. The second-order valence-electron chi connectivity index (χ2n) is 5.56. The van der Waals surface area contributed by atoms with Crippen LogP contribution in [-0.4, -0.2) is 38.8 Å². The van der Waals surface area contributed by atoms with Crippen LogP contribution >= 0.6 is 11.8 Å². The molecular formula is C14H20N2O2S. The highest BCUT2D eigenvalue weighted by Gasteiger charge is 2.42. The van der Waals surface area contributed by atoms with E-state index in [4.69, 9.17) is 4.74 Å².